The van der Waals surface area contributed by atoms with E-state index < -0.39 is 0 Å². The first kappa shape index (κ1) is 12.7. The van der Waals surface area contributed by atoms with E-state index in [0.717, 1.165) is 17.9 Å². The number of hydrogen-bond donors (Lipinski definition) is 2. The van der Waals surface area contributed by atoms with Crippen LogP contribution in [0, 0.1) is 6.92 Å². The standard InChI is InChI=1S/C11H21N5/c1-4-5-6-7-16(3)10-9(2)8-13-11(14-10)15-12/h8H,4-7,12H2,1-3H3,(H,13,14,15). The Morgan fingerprint density at radius 2 is 2.19 bits per heavy atom. The summed E-state index contributed by atoms with van der Waals surface area (Å²) in [6.07, 6.45) is 5.44. The van der Waals surface area contributed by atoms with Gasteiger partial charge in [0.05, 0.1) is 0 Å². The second kappa shape index (κ2) is 6.27. The minimum absolute atomic E-state index is 0.461. The highest BCUT2D eigenvalue weighted by Crippen LogP contribution is 2.16. The summed E-state index contributed by atoms with van der Waals surface area (Å²) in [4.78, 5) is 10.6. The van der Waals surface area contributed by atoms with Gasteiger partial charge in [0, 0.05) is 25.4 Å². The van der Waals surface area contributed by atoms with E-state index in [1.807, 2.05) is 14.0 Å². The highest BCUT2D eigenvalue weighted by molar-refractivity contribution is 5.47. The average Bonchev–Trinajstić information content (AvgIpc) is 2.30. The number of nitrogens with two attached hydrogens (primary N) is 1. The van der Waals surface area contributed by atoms with Crippen LogP contribution in [0.3, 0.4) is 0 Å². The molecule has 5 heteroatoms. The molecule has 1 aromatic heterocycles. The van der Waals surface area contributed by atoms with Crippen molar-refractivity contribution in [3.05, 3.63) is 11.8 Å². The molecule has 3 N–H and O–H groups in total. The summed E-state index contributed by atoms with van der Waals surface area (Å²) in [5.74, 6) is 6.70. The van der Waals surface area contributed by atoms with E-state index in [-0.39, 0.29) is 0 Å². The predicted octanol–water partition coefficient (Wildman–Crippen LogP) is 1.70. The first-order chi connectivity index (χ1) is 7.69. The number of nitrogen functional groups attached to an aromatic ring is 1. The number of rotatable bonds is 6. The second-order valence-corrected chi connectivity index (χ2v) is 3.97. The molecular formula is C11H21N5. The number of anilines is 2. The molecule has 5 nitrogen and oxygen atoms in total. The third-order valence-corrected chi connectivity index (χ3v) is 2.53. The summed E-state index contributed by atoms with van der Waals surface area (Å²) in [5, 5.41) is 0. The number of unbranched alkanes of at least 4 members (excludes halogenated alkanes) is 2. The van der Waals surface area contributed by atoms with Crippen molar-refractivity contribution in [2.45, 2.75) is 33.1 Å². The topological polar surface area (TPSA) is 67.1 Å². The van der Waals surface area contributed by atoms with E-state index in [1.165, 1.54) is 19.3 Å². The van der Waals surface area contributed by atoms with Crippen LogP contribution in [0.2, 0.25) is 0 Å². The minimum atomic E-state index is 0.461. The molecule has 1 rings (SSSR count). The lowest BCUT2D eigenvalue weighted by molar-refractivity contribution is 0.700. The summed E-state index contributed by atoms with van der Waals surface area (Å²) < 4.78 is 0. The van der Waals surface area contributed by atoms with Gasteiger partial charge < -0.3 is 4.90 Å². The molecule has 1 heterocycles. The number of hydrogen-bond acceptors (Lipinski definition) is 5. The molecule has 0 atom stereocenters. The smallest absolute Gasteiger partial charge is 0.239 e. The Morgan fingerprint density at radius 3 is 2.81 bits per heavy atom. The molecule has 0 saturated heterocycles. The normalized spacial score (nSPS) is 10.2. The van der Waals surface area contributed by atoms with Crippen LogP contribution >= 0.6 is 0 Å². The predicted molar refractivity (Wildman–Crippen MR) is 67.4 cm³/mol. The lowest BCUT2D eigenvalue weighted by Crippen LogP contribution is -2.22. The first-order valence-electron chi connectivity index (χ1n) is 5.70. The third-order valence-electron chi connectivity index (χ3n) is 2.53. The van der Waals surface area contributed by atoms with Crippen LogP contribution in [0.1, 0.15) is 31.7 Å². The lowest BCUT2D eigenvalue weighted by atomic mass is 10.2. The highest BCUT2D eigenvalue weighted by Gasteiger charge is 2.07. The van der Waals surface area contributed by atoms with E-state index in [2.05, 4.69) is 27.2 Å². The van der Waals surface area contributed by atoms with E-state index in [0.29, 0.717) is 5.95 Å². The Kier molecular flexibility index (Phi) is 4.98. The van der Waals surface area contributed by atoms with Crippen molar-refractivity contribution in [1.82, 2.24) is 9.97 Å². The molecule has 16 heavy (non-hydrogen) atoms. The molecule has 0 unspecified atom stereocenters. The van der Waals surface area contributed by atoms with Gasteiger partial charge in [0.15, 0.2) is 0 Å². The molecule has 0 bridgehead atoms. The summed E-state index contributed by atoms with van der Waals surface area (Å²) in [6, 6.07) is 0. The summed E-state index contributed by atoms with van der Waals surface area (Å²) in [6.45, 7) is 5.22. The monoisotopic (exact) mass is 223 g/mol. The summed E-state index contributed by atoms with van der Waals surface area (Å²) in [5.41, 5.74) is 3.54. The maximum Gasteiger partial charge on any atom is 0.239 e. The van der Waals surface area contributed by atoms with Crippen molar-refractivity contribution in [2.75, 3.05) is 23.9 Å². The molecule has 0 radical (unpaired) electrons. The van der Waals surface area contributed by atoms with Crippen LogP contribution in [0.15, 0.2) is 6.20 Å². The SMILES string of the molecule is CCCCCN(C)c1nc(NN)ncc1C. The largest absolute Gasteiger partial charge is 0.359 e. The van der Waals surface area contributed by atoms with Crippen LogP contribution in [-0.2, 0) is 0 Å². The molecule has 0 aliphatic carbocycles. The van der Waals surface area contributed by atoms with Crippen LogP contribution in [0.5, 0.6) is 0 Å². The quantitative estimate of drug-likeness (QED) is 0.436. The third kappa shape index (κ3) is 3.34. The molecule has 0 aliphatic heterocycles. The van der Waals surface area contributed by atoms with Crippen molar-refractivity contribution in [3.8, 4) is 0 Å². The van der Waals surface area contributed by atoms with Crippen LogP contribution < -0.4 is 16.2 Å². The van der Waals surface area contributed by atoms with Crippen LogP contribution in [0.25, 0.3) is 0 Å². The Labute approximate surface area is 97.0 Å². The maximum absolute atomic E-state index is 5.30. The fraction of sp³-hybridized carbons (Fsp3) is 0.636. The second-order valence-electron chi connectivity index (χ2n) is 3.97. The molecule has 0 fully saturated rings. The number of aryl methyl sites for hydroxylation is 1. The molecule has 0 aromatic carbocycles. The minimum Gasteiger partial charge on any atom is -0.359 e. The fourth-order valence-electron chi connectivity index (χ4n) is 1.59. The fourth-order valence-corrected chi connectivity index (χ4v) is 1.59. The average molecular weight is 223 g/mol. The number of aromatic nitrogens is 2. The van der Waals surface area contributed by atoms with Crippen molar-refractivity contribution in [1.29, 1.82) is 0 Å². The van der Waals surface area contributed by atoms with Crippen molar-refractivity contribution >= 4 is 11.8 Å². The Hall–Kier alpha value is -1.36. The summed E-state index contributed by atoms with van der Waals surface area (Å²) >= 11 is 0. The molecule has 1 aromatic rings. The van der Waals surface area contributed by atoms with Gasteiger partial charge in [-0.05, 0) is 13.3 Å². The summed E-state index contributed by atoms with van der Waals surface area (Å²) in [7, 11) is 2.05. The molecule has 0 spiro atoms. The van der Waals surface area contributed by atoms with E-state index >= 15 is 0 Å². The Morgan fingerprint density at radius 1 is 1.44 bits per heavy atom. The maximum atomic E-state index is 5.30. The van der Waals surface area contributed by atoms with Gasteiger partial charge >= 0.3 is 0 Å². The molecule has 90 valence electrons. The Balaban J connectivity index is 2.69. The van der Waals surface area contributed by atoms with Gasteiger partial charge in [0.25, 0.3) is 0 Å². The van der Waals surface area contributed by atoms with Gasteiger partial charge in [-0.15, -0.1) is 0 Å². The van der Waals surface area contributed by atoms with Gasteiger partial charge in [-0.1, -0.05) is 19.8 Å². The zero-order valence-electron chi connectivity index (χ0n) is 10.3. The number of nitrogens with one attached hydrogen (secondary N) is 1. The lowest BCUT2D eigenvalue weighted by Gasteiger charge is -2.20. The van der Waals surface area contributed by atoms with Gasteiger partial charge in [-0.3, -0.25) is 5.43 Å². The van der Waals surface area contributed by atoms with Gasteiger partial charge in [-0.25, -0.2) is 10.8 Å². The van der Waals surface area contributed by atoms with Gasteiger partial charge in [-0.2, -0.15) is 4.98 Å². The van der Waals surface area contributed by atoms with Gasteiger partial charge in [0.1, 0.15) is 5.82 Å². The van der Waals surface area contributed by atoms with Crippen molar-refractivity contribution < 1.29 is 0 Å². The van der Waals surface area contributed by atoms with E-state index in [9.17, 15) is 0 Å². The van der Waals surface area contributed by atoms with Crippen LogP contribution in [0.4, 0.5) is 11.8 Å². The highest BCUT2D eigenvalue weighted by atomic mass is 15.3. The zero-order chi connectivity index (χ0) is 12.0. The van der Waals surface area contributed by atoms with E-state index in [4.69, 9.17) is 5.84 Å². The van der Waals surface area contributed by atoms with Crippen molar-refractivity contribution in [3.63, 3.8) is 0 Å². The molecule has 0 aliphatic rings. The van der Waals surface area contributed by atoms with Gasteiger partial charge in [0.2, 0.25) is 5.95 Å². The first-order valence-corrected chi connectivity index (χ1v) is 5.70. The Bertz CT molecular complexity index is 326. The number of hydrazine groups is 1. The molecular weight excluding hydrogens is 202 g/mol. The number of nitrogens with zero attached hydrogens (tertiary/aromatic N) is 3. The zero-order valence-corrected chi connectivity index (χ0v) is 10.3. The van der Waals surface area contributed by atoms with Crippen LogP contribution in [-0.4, -0.2) is 23.6 Å². The van der Waals surface area contributed by atoms with E-state index in [1.54, 1.807) is 6.20 Å². The van der Waals surface area contributed by atoms with Crippen molar-refractivity contribution in [2.24, 2.45) is 5.84 Å². The molecule has 0 saturated carbocycles. The molecule has 0 amide bonds.